The van der Waals surface area contributed by atoms with Crippen molar-refractivity contribution in [1.82, 2.24) is 19.9 Å². The number of morpholine rings is 1. The van der Waals surface area contributed by atoms with Crippen molar-refractivity contribution < 1.29 is 4.74 Å². The molecule has 2 unspecified atom stereocenters. The molecule has 4 rings (SSSR count). The van der Waals surface area contributed by atoms with E-state index in [1.807, 2.05) is 12.4 Å². The van der Waals surface area contributed by atoms with E-state index >= 15 is 0 Å². The summed E-state index contributed by atoms with van der Waals surface area (Å²) in [5.74, 6) is 1.99. The SMILES string of the molecule is CC1CN(c2ccc(CN3CCc4nc(C(C)(C)C)ncc4C3)cn2)CC(C)O1. The molecule has 0 N–H and O–H groups in total. The molecular formula is C23H33N5O. The maximum Gasteiger partial charge on any atom is 0.133 e. The lowest BCUT2D eigenvalue weighted by Crippen LogP contribution is -2.45. The van der Waals surface area contributed by atoms with Gasteiger partial charge in [0.2, 0.25) is 0 Å². The summed E-state index contributed by atoms with van der Waals surface area (Å²) in [5.41, 5.74) is 3.71. The highest BCUT2D eigenvalue weighted by Gasteiger charge is 2.24. The summed E-state index contributed by atoms with van der Waals surface area (Å²) in [6, 6.07) is 4.36. The van der Waals surface area contributed by atoms with Crippen LogP contribution in [0.5, 0.6) is 0 Å². The lowest BCUT2D eigenvalue weighted by molar-refractivity contribution is -0.00546. The molecule has 29 heavy (non-hydrogen) atoms. The molecule has 1 saturated heterocycles. The smallest absolute Gasteiger partial charge is 0.133 e. The molecule has 2 aromatic rings. The van der Waals surface area contributed by atoms with E-state index in [0.29, 0.717) is 0 Å². The van der Waals surface area contributed by atoms with Crippen molar-refractivity contribution in [2.75, 3.05) is 24.5 Å². The zero-order valence-electron chi connectivity index (χ0n) is 18.4. The highest BCUT2D eigenvalue weighted by atomic mass is 16.5. The van der Waals surface area contributed by atoms with E-state index in [0.717, 1.165) is 50.8 Å². The zero-order chi connectivity index (χ0) is 20.6. The summed E-state index contributed by atoms with van der Waals surface area (Å²) in [4.78, 5) is 19.0. The lowest BCUT2D eigenvalue weighted by atomic mass is 9.95. The molecule has 0 aromatic carbocycles. The molecule has 2 aliphatic rings. The van der Waals surface area contributed by atoms with Gasteiger partial charge in [-0.3, -0.25) is 4.90 Å². The van der Waals surface area contributed by atoms with Gasteiger partial charge in [-0.05, 0) is 25.5 Å². The van der Waals surface area contributed by atoms with Crippen molar-refractivity contribution in [3.8, 4) is 0 Å². The van der Waals surface area contributed by atoms with Crippen molar-refractivity contribution in [3.63, 3.8) is 0 Å². The van der Waals surface area contributed by atoms with Gasteiger partial charge < -0.3 is 9.64 Å². The van der Waals surface area contributed by atoms with Crippen molar-refractivity contribution in [1.29, 1.82) is 0 Å². The minimum absolute atomic E-state index is 0.00432. The van der Waals surface area contributed by atoms with Crippen molar-refractivity contribution in [2.24, 2.45) is 0 Å². The van der Waals surface area contributed by atoms with Crippen LogP contribution in [-0.2, 0) is 29.7 Å². The monoisotopic (exact) mass is 395 g/mol. The molecule has 2 atom stereocenters. The van der Waals surface area contributed by atoms with Crippen molar-refractivity contribution in [2.45, 2.75) is 71.8 Å². The zero-order valence-corrected chi connectivity index (χ0v) is 18.4. The van der Waals surface area contributed by atoms with Crippen LogP contribution in [0, 0.1) is 0 Å². The van der Waals surface area contributed by atoms with Gasteiger partial charge in [0, 0.05) is 68.2 Å². The van der Waals surface area contributed by atoms with E-state index in [4.69, 9.17) is 14.7 Å². The van der Waals surface area contributed by atoms with Gasteiger partial charge in [0.1, 0.15) is 11.6 Å². The Balaban J connectivity index is 1.39. The third-order valence-electron chi connectivity index (χ3n) is 5.64. The van der Waals surface area contributed by atoms with Crippen LogP contribution in [0.2, 0.25) is 0 Å². The fraction of sp³-hybridized carbons (Fsp3) is 0.609. The number of pyridine rings is 1. The summed E-state index contributed by atoms with van der Waals surface area (Å²) in [6.45, 7) is 15.4. The molecule has 0 spiro atoms. The first kappa shape index (κ1) is 20.2. The molecule has 0 saturated carbocycles. The molecule has 6 heteroatoms. The Morgan fingerprint density at radius 2 is 1.83 bits per heavy atom. The van der Waals surface area contributed by atoms with Gasteiger partial charge in [0.15, 0.2) is 0 Å². The first-order valence-electron chi connectivity index (χ1n) is 10.7. The third kappa shape index (κ3) is 4.75. The Hall–Kier alpha value is -2.05. The van der Waals surface area contributed by atoms with Crippen LogP contribution in [0.1, 0.15) is 57.3 Å². The van der Waals surface area contributed by atoms with Gasteiger partial charge >= 0.3 is 0 Å². The summed E-state index contributed by atoms with van der Waals surface area (Å²) in [6.07, 6.45) is 5.52. The van der Waals surface area contributed by atoms with Crippen molar-refractivity contribution >= 4 is 5.82 Å². The first-order valence-corrected chi connectivity index (χ1v) is 10.7. The number of hydrogen-bond donors (Lipinski definition) is 0. The second-order valence-electron chi connectivity index (χ2n) is 9.56. The lowest BCUT2D eigenvalue weighted by Gasteiger charge is -2.36. The third-order valence-corrected chi connectivity index (χ3v) is 5.64. The van der Waals surface area contributed by atoms with E-state index in [1.54, 1.807) is 0 Å². The molecule has 0 aliphatic carbocycles. The van der Waals surface area contributed by atoms with Gasteiger partial charge in [-0.25, -0.2) is 15.0 Å². The Morgan fingerprint density at radius 3 is 2.48 bits per heavy atom. The maximum atomic E-state index is 5.83. The minimum atomic E-state index is -0.00432. The summed E-state index contributed by atoms with van der Waals surface area (Å²) in [5, 5.41) is 0. The normalized spacial score (nSPS) is 23.1. The van der Waals surface area contributed by atoms with Gasteiger partial charge in [0.25, 0.3) is 0 Å². The molecular weight excluding hydrogens is 362 g/mol. The van der Waals surface area contributed by atoms with E-state index in [-0.39, 0.29) is 17.6 Å². The topological polar surface area (TPSA) is 54.4 Å². The average molecular weight is 396 g/mol. The predicted octanol–water partition coefficient (Wildman–Crippen LogP) is 3.34. The number of aromatic nitrogens is 3. The highest BCUT2D eigenvalue weighted by Crippen LogP contribution is 2.24. The highest BCUT2D eigenvalue weighted by molar-refractivity contribution is 5.40. The van der Waals surface area contributed by atoms with Crippen molar-refractivity contribution in [3.05, 3.63) is 47.2 Å². The number of anilines is 1. The number of rotatable bonds is 3. The van der Waals surface area contributed by atoms with Gasteiger partial charge in [-0.1, -0.05) is 26.8 Å². The molecule has 0 bridgehead atoms. The molecule has 0 radical (unpaired) electrons. The molecule has 6 nitrogen and oxygen atoms in total. The van der Waals surface area contributed by atoms with Crippen LogP contribution in [0.15, 0.2) is 24.5 Å². The van der Waals surface area contributed by atoms with Gasteiger partial charge in [-0.2, -0.15) is 0 Å². The second-order valence-corrected chi connectivity index (χ2v) is 9.56. The number of hydrogen-bond acceptors (Lipinski definition) is 6. The Bertz CT molecular complexity index is 835. The van der Waals surface area contributed by atoms with E-state index in [2.05, 4.69) is 61.5 Å². The molecule has 2 aliphatic heterocycles. The number of fused-ring (bicyclic) bond motifs is 1. The molecule has 156 valence electrons. The van der Waals surface area contributed by atoms with Crippen LogP contribution >= 0.6 is 0 Å². The van der Waals surface area contributed by atoms with Gasteiger partial charge in [-0.15, -0.1) is 0 Å². The summed E-state index contributed by atoms with van der Waals surface area (Å²) < 4.78 is 5.83. The summed E-state index contributed by atoms with van der Waals surface area (Å²) >= 11 is 0. The number of nitrogens with zero attached hydrogens (tertiary/aromatic N) is 5. The Kier molecular flexibility index (Phi) is 5.58. The van der Waals surface area contributed by atoms with Crippen LogP contribution in [0.4, 0.5) is 5.82 Å². The predicted molar refractivity (Wildman–Crippen MR) is 115 cm³/mol. The van der Waals surface area contributed by atoms with E-state index in [9.17, 15) is 0 Å². The summed E-state index contributed by atoms with van der Waals surface area (Å²) in [7, 11) is 0. The largest absolute Gasteiger partial charge is 0.372 e. The van der Waals surface area contributed by atoms with E-state index < -0.39 is 0 Å². The molecule has 0 amide bonds. The first-order chi connectivity index (χ1) is 13.8. The second kappa shape index (κ2) is 8.00. The van der Waals surface area contributed by atoms with Crippen LogP contribution < -0.4 is 4.90 Å². The van der Waals surface area contributed by atoms with Crippen LogP contribution in [0.3, 0.4) is 0 Å². The quantitative estimate of drug-likeness (QED) is 0.795. The fourth-order valence-corrected chi connectivity index (χ4v) is 4.19. The average Bonchev–Trinajstić information content (AvgIpc) is 2.66. The molecule has 4 heterocycles. The Labute approximate surface area is 174 Å². The minimum Gasteiger partial charge on any atom is -0.372 e. The molecule has 2 aromatic heterocycles. The maximum absolute atomic E-state index is 5.83. The fourth-order valence-electron chi connectivity index (χ4n) is 4.19. The number of ether oxygens (including phenoxy) is 1. The Morgan fingerprint density at radius 1 is 1.07 bits per heavy atom. The van der Waals surface area contributed by atoms with Crippen LogP contribution in [0.25, 0.3) is 0 Å². The van der Waals surface area contributed by atoms with E-state index in [1.165, 1.54) is 16.8 Å². The molecule has 1 fully saturated rings. The standard InChI is InChI=1S/C23H33N5O/c1-16-12-28(13-17(2)29-16)21-7-6-18(10-24-21)14-27-9-8-20-19(15-27)11-25-22(26-20)23(3,4)5/h6-7,10-11,16-17H,8-9,12-15H2,1-5H3. The van der Waals surface area contributed by atoms with Crippen LogP contribution in [-0.4, -0.2) is 51.7 Å². The van der Waals surface area contributed by atoms with Gasteiger partial charge in [0.05, 0.1) is 12.2 Å².